The lowest BCUT2D eigenvalue weighted by atomic mass is 10.1. The van der Waals surface area contributed by atoms with E-state index < -0.39 is 0 Å². The van der Waals surface area contributed by atoms with Gasteiger partial charge in [-0.25, -0.2) is 4.98 Å². The molecule has 1 amide bonds. The minimum atomic E-state index is -0.333. The summed E-state index contributed by atoms with van der Waals surface area (Å²) in [5.41, 5.74) is 8.84. The molecule has 1 saturated heterocycles. The first kappa shape index (κ1) is 18.7. The summed E-state index contributed by atoms with van der Waals surface area (Å²) in [7, 11) is 0. The average molecular weight is 414 g/mol. The number of nitrogens with one attached hydrogen (secondary N) is 1. The Morgan fingerprint density at radius 2 is 1.89 bits per heavy atom. The van der Waals surface area contributed by atoms with Crippen molar-refractivity contribution in [3.63, 3.8) is 0 Å². The van der Waals surface area contributed by atoms with Gasteiger partial charge in [0.1, 0.15) is 10.0 Å². The van der Waals surface area contributed by atoms with Crippen molar-refractivity contribution in [3.8, 4) is 10.6 Å². The molecule has 1 aliphatic rings. The molecule has 3 heterocycles. The number of nitrogens with zero attached hydrogens (tertiary/aromatic N) is 3. The lowest BCUT2D eigenvalue weighted by molar-refractivity contribution is 0.102. The third-order valence-electron chi connectivity index (χ3n) is 4.70. The predicted molar refractivity (Wildman–Crippen MR) is 115 cm³/mol. The number of amides is 1. The van der Waals surface area contributed by atoms with Gasteiger partial charge in [-0.15, -0.1) is 0 Å². The Balaban J connectivity index is 1.57. The van der Waals surface area contributed by atoms with E-state index in [2.05, 4.69) is 20.2 Å². The number of nitrogen functional groups attached to an aromatic ring is 1. The smallest absolute Gasteiger partial charge is 0.277 e. The first-order valence-corrected chi connectivity index (χ1v) is 10.3. The number of nitrogens with two attached hydrogens (primary N) is 1. The van der Waals surface area contributed by atoms with E-state index in [1.54, 1.807) is 24.5 Å². The van der Waals surface area contributed by atoms with E-state index in [9.17, 15) is 4.79 Å². The quantitative estimate of drug-likeness (QED) is 0.648. The fraction of sp³-hybridized carbons (Fsp3) is 0.250. The number of rotatable bonds is 4. The molecule has 0 spiro atoms. The Bertz CT molecular complexity index is 983. The Morgan fingerprint density at radius 1 is 1.14 bits per heavy atom. The van der Waals surface area contributed by atoms with E-state index in [0.717, 1.165) is 37.2 Å². The monoisotopic (exact) mass is 413 g/mol. The molecular weight excluding hydrogens is 394 g/mol. The van der Waals surface area contributed by atoms with Gasteiger partial charge in [0.05, 0.1) is 17.6 Å². The minimum absolute atomic E-state index is 0.225. The maximum absolute atomic E-state index is 12.9. The van der Waals surface area contributed by atoms with Crippen LogP contribution in [0.4, 0.5) is 16.4 Å². The molecule has 0 saturated carbocycles. The predicted octanol–water partition coefficient (Wildman–Crippen LogP) is 4.68. The van der Waals surface area contributed by atoms with Crippen molar-refractivity contribution in [2.75, 3.05) is 29.0 Å². The summed E-state index contributed by atoms with van der Waals surface area (Å²) in [6.07, 6.45) is 6.96. The largest absolute Gasteiger partial charge is 0.389 e. The van der Waals surface area contributed by atoms with Crippen molar-refractivity contribution in [3.05, 3.63) is 53.4 Å². The number of carbonyl (C=O) groups excluding carboxylic acids is 1. The van der Waals surface area contributed by atoms with Gasteiger partial charge in [0.25, 0.3) is 5.91 Å². The van der Waals surface area contributed by atoms with Crippen molar-refractivity contribution in [2.45, 2.75) is 19.3 Å². The van der Waals surface area contributed by atoms with Gasteiger partial charge >= 0.3 is 0 Å². The van der Waals surface area contributed by atoms with E-state index in [-0.39, 0.29) is 11.6 Å². The van der Waals surface area contributed by atoms with E-state index in [4.69, 9.17) is 17.3 Å². The summed E-state index contributed by atoms with van der Waals surface area (Å²) < 4.78 is 0. The van der Waals surface area contributed by atoms with Gasteiger partial charge in [-0.05, 0) is 37.5 Å². The van der Waals surface area contributed by atoms with Crippen LogP contribution in [0.5, 0.6) is 0 Å². The summed E-state index contributed by atoms with van der Waals surface area (Å²) in [4.78, 5) is 23.8. The van der Waals surface area contributed by atoms with Crippen molar-refractivity contribution in [2.24, 2.45) is 0 Å². The number of halogens is 1. The van der Waals surface area contributed by atoms with Crippen molar-refractivity contribution in [1.29, 1.82) is 0 Å². The molecule has 28 heavy (non-hydrogen) atoms. The van der Waals surface area contributed by atoms with Crippen LogP contribution in [0, 0.1) is 0 Å². The number of piperidine rings is 1. The number of hydrogen-bond acceptors (Lipinski definition) is 6. The van der Waals surface area contributed by atoms with Gasteiger partial charge in [-0.3, -0.25) is 9.78 Å². The topological polar surface area (TPSA) is 84.1 Å². The standard InChI is InChI=1S/C20H20ClN5OS/c21-14-6-4-13(5-7-14)20-25-17(18(22)28-20)19(27)24-15-12-23-9-8-16(15)26-10-2-1-3-11-26/h4-9,12H,1-3,10-11,22H2,(H,24,27). The fourth-order valence-electron chi connectivity index (χ4n) is 3.29. The maximum atomic E-state index is 12.9. The number of anilines is 3. The molecule has 8 heteroatoms. The van der Waals surface area contributed by atoms with Crippen LogP contribution in [0.3, 0.4) is 0 Å². The van der Waals surface area contributed by atoms with Crippen LogP contribution in [0.2, 0.25) is 5.02 Å². The highest BCUT2D eigenvalue weighted by Gasteiger charge is 2.20. The molecule has 0 aliphatic carbocycles. The Morgan fingerprint density at radius 3 is 2.64 bits per heavy atom. The Labute approximate surface area is 172 Å². The molecule has 1 aliphatic heterocycles. The van der Waals surface area contributed by atoms with Gasteiger partial charge in [-0.1, -0.05) is 35.1 Å². The van der Waals surface area contributed by atoms with Gasteiger partial charge in [0, 0.05) is 29.9 Å². The number of benzene rings is 1. The molecule has 1 aromatic carbocycles. The van der Waals surface area contributed by atoms with Crippen LogP contribution < -0.4 is 16.0 Å². The highest BCUT2D eigenvalue weighted by Crippen LogP contribution is 2.32. The van der Waals surface area contributed by atoms with Crippen LogP contribution >= 0.6 is 22.9 Å². The number of hydrogen-bond donors (Lipinski definition) is 2. The van der Waals surface area contributed by atoms with Gasteiger partial charge in [0.2, 0.25) is 0 Å². The second-order valence-corrected chi connectivity index (χ2v) is 8.10. The summed E-state index contributed by atoms with van der Waals surface area (Å²) in [6.45, 7) is 1.96. The SMILES string of the molecule is Nc1sc(-c2ccc(Cl)cc2)nc1C(=O)Nc1cnccc1N1CCCCC1. The third-order valence-corrected chi connectivity index (χ3v) is 5.89. The summed E-state index contributed by atoms with van der Waals surface area (Å²) in [5, 5.41) is 4.65. The van der Waals surface area contributed by atoms with Crippen molar-refractivity contribution in [1.82, 2.24) is 9.97 Å². The Hall–Kier alpha value is -2.64. The zero-order valence-corrected chi connectivity index (χ0v) is 16.8. The number of aromatic nitrogens is 2. The minimum Gasteiger partial charge on any atom is -0.389 e. The zero-order valence-electron chi connectivity index (χ0n) is 15.2. The van der Waals surface area contributed by atoms with E-state index in [1.165, 1.54) is 17.8 Å². The molecule has 0 atom stereocenters. The lowest BCUT2D eigenvalue weighted by Gasteiger charge is -2.30. The highest BCUT2D eigenvalue weighted by atomic mass is 35.5. The molecule has 0 radical (unpaired) electrons. The van der Waals surface area contributed by atoms with Gasteiger partial charge in [-0.2, -0.15) is 0 Å². The normalized spacial score (nSPS) is 14.1. The number of pyridine rings is 1. The summed E-state index contributed by atoms with van der Waals surface area (Å²) in [6, 6.07) is 9.23. The zero-order chi connectivity index (χ0) is 19.5. The van der Waals surface area contributed by atoms with Crippen LogP contribution in [0.15, 0.2) is 42.7 Å². The van der Waals surface area contributed by atoms with E-state index >= 15 is 0 Å². The number of carbonyl (C=O) groups is 1. The first-order valence-electron chi connectivity index (χ1n) is 9.14. The number of thiazole rings is 1. The van der Waals surface area contributed by atoms with Gasteiger partial charge in [0.15, 0.2) is 5.69 Å². The molecule has 3 aromatic rings. The Kier molecular flexibility index (Phi) is 5.45. The molecule has 4 rings (SSSR count). The second kappa shape index (κ2) is 8.16. The first-order chi connectivity index (χ1) is 13.6. The maximum Gasteiger partial charge on any atom is 0.277 e. The molecule has 1 fully saturated rings. The fourth-order valence-corrected chi connectivity index (χ4v) is 4.25. The molecule has 2 aromatic heterocycles. The highest BCUT2D eigenvalue weighted by molar-refractivity contribution is 7.19. The average Bonchev–Trinajstić information content (AvgIpc) is 3.11. The molecule has 0 unspecified atom stereocenters. The second-order valence-electron chi connectivity index (χ2n) is 6.63. The molecule has 6 nitrogen and oxygen atoms in total. The molecular formula is C20H20ClN5OS. The third kappa shape index (κ3) is 3.95. The van der Waals surface area contributed by atoms with Crippen molar-refractivity contribution >= 4 is 45.2 Å². The molecule has 3 N–H and O–H groups in total. The van der Waals surface area contributed by atoms with Crippen molar-refractivity contribution < 1.29 is 4.79 Å². The molecule has 0 bridgehead atoms. The van der Waals surface area contributed by atoms with Crippen LogP contribution in [0.1, 0.15) is 29.8 Å². The van der Waals surface area contributed by atoms with Gasteiger partial charge < -0.3 is 16.0 Å². The summed E-state index contributed by atoms with van der Waals surface area (Å²) >= 11 is 7.22. The van der Waals surface area contributed by atoms with Crippen LogP contribution in [0.25, 0.3) is 10.6 Å². The van der Waals surface area contributed by atoms with E-state index in [1.807, 2.05) is 18.2 Å². The van der Waals surface area contributed by atoms with E-state index in [0.29, 0.717) is 20.7 Å². The summed E-state index contributed by atoms with van der Waals surface area (Å²) in [5.74, 6) is -0.333. The molecule has 144 valence electrons. The van der Waals surface area contributed by atoms with Crippen LogP contribution in [-0.4, -0.2) is 29.0 Å². The lowest BCUT2D eigenvalue weighted by Crippen LogP contribution is -2.30. The van der Waals surface area contributed by atoms with Crippen LogP contribution in [-0.2, 0) is 0 Å².